The van der Waals surface area contributed by atoms with E-state index in [4.69, 9.17) is 9.47 Å². The van der Waals surface area contributed by atoms with Crippen LogP contribution in [0.3, 0.4) is 0 Å². The zero-order valence-corrected chi connectivity index (χ0v) is 10.6. The van der Waals surface area contributed by atoms with E-state index in [0.29, 0.717) is 0 Å². The van der Waals surface area contributed by atoms with Crippen LogP contribution < -0.4 is 20.1 Å². The molecule has 98 valence electrons. The van der Waals surface area contributed by atoms with Gasteiger partial charge in [-0.2, -0.15) is 0 Å². The van der Waals surface area contributed by atoms with Gasteiger partial charge in [0.05, 0.1) is 13.2 Å². The molecule has 3 rings (SSSR count). The lowest BCUT2D eigenvalue weighted by Gasteiger charge is -2.27. The summed E-state index contributed by atoms with van der Waals surface area (Å²) < 4.78 is 11.3. The zero-order valence-electron chi connectivity index (χ0n) is 10.6. The van der Waals surface area contributed by atoms with Gasteiger partial charge >= 0.3 is 0 Å². The molecule has 0 atom stereocenters. The van der Waals surface area contributed by atoms with Crippen LogP contribution in [0.4, 0.5) is 0 Å². The van der Waals surface area contributed by atoms with Crippen molar-refractivity contribution < 1.29 is 9.47 Å². The zero-order chi connectivity index (χ0) is 12.2. The number of nitrogens with one attached hydrogen (secondary N) is 2. The third-order valence-electron chi connectivity index (χ3n) is 3.44. The van der Waals surface area contributed by atoms with Crippen LogP contribution in [0.1, 0.15) is 12.0 Å². The summed E-state index contributed by atoms with van der Waals surface area (Å²) in [5.41, 5.74) is 1.26. The maximum atomic E-state index is 5.69. The highest BCUT2D eigenvalue weighted by molar-refractivity contribution is 5.43. The molecule has 0 aliphatic carbocycles. The highest BCUT2D eigenvalue weighted by atomic mass is 16.5. The SMILES string of the molecule is c1cc2c(cc1CNCC1CNC1)OCCCO2. The van der Waals surface area contributed by atoms with E-state index >= 15 is 0 Å². The molecule has 0 unspecified atom stereocenters. The van der Waals surface area contributed by atoms with E-state index in [2.05, 4.69) is 22.8 Å². The average molecular weight is 248 g/mol. The van der Waals surface area contributed by atoms with Crippen LogP contribution in [-0.4, -0.2) is 32.8 Å². The molecule has 2 heterocycles. The fourth-order valence-corrected chi connectivity index (χ4v) is 2.23. The van der Waals surface area contributed by atoms with Crippen LogP contribution in [0.25, 0.3) is 0 Å². The van der Waals surface area contributed by atoms with Crippen molar-refractivity contribution in [3.05, 3.63) is 23.8 Å². The van der Waals surface area contributed by atoms with Crippen molar-refractivity contribution in [2.24, 2.45) is 5.92 Å². The van der Waals surface area contributed by atoms with E-state index in [0.717, 1.165) is 63.2 Å². The van der Waals surface area contributed by atoms with Crippen molar-refractivity contribution in [3.63, 3.8) is 0 Å². The average Bonchev–Trinajstić information content (AvgIpc) is 2.57. The van der Waals surface area contributed by atoms with Gasteiger partial charge in [-0.15, -0.1) is 0 Å². The van der Waals surface area contributed by atoms with Gasteiger partial charge in [0, 0.05) is 32.6 Å². The van der Waals surface area contributed by atoms with E-state index < -0.39 is 0 Å². The number of hydrogen-bond donors (Lipinski definition) is 2. The Balaban J connectivity index is 1.56. The van der Waals surface area contributed by atoms with Crippen molar-refractivity contribution in [1.82, 2.24) is 10.6 Å². The molecule has 2 aliphatic rings. The molecule has 18 heavy (non-hydrogen) atoms. The van der Waals surface area contributed by atoms with Gasteiger partial charge in [0.2, 0.25) is 0 Å². The largest absolute Gasteiger partial charge is 0.490 e. The minimum atomic E-state index is 0.748. The Labute approximate surface area is 108 Å². The first-order valence-corrected chi connectivity index (χ1v) is 6.72. The van der Waals surface area contributed by atoms with Crippen LogP contribution >= 0.6 is 0 Å². The summed E-state index contributed by atoms with van der Waals surface area (Å²) in [7, 11) is 0. The van der Waals surface area contributed by atoms with Gasteiger partial charge in [-0.05, 0) is 23.6 Å². The van der Waals surface area contributed by atoms with Gasteiger partial charge in [-0.3, -0.25) is 0 Å². The highest BCUT2D eigenvalue weighted by Crippen LogP contribution is 2.30. The lowest BCUT2D eigenvalue weighted by atomic mass is 10.0. The maximum absolute atomic E-state index is 5.69. The highest BCUT2D eigenvalue weighted by Gasteiger charge is 2.15. The Morgan fingerprint density at radius 3 is 2.78 bits per heavy atom. The molecule has 1 fully saturated rings. The maximum Gasteiger partial charge on any atom is 0.161 e. The molecule has 2 aliphatic heterocycles. The number of benzene rings is 1. The summed E-state index contributed by atoms with van der Waals surface area (Å²) >= 11 is 0. The third-order valence-corrected chi connectivity index (χ3v) is 3.44. The fraction of sp³-hybridized carbons (Fsp3) is 0.571. The minimum Gasteiger partial charge on any atom is -0.490 e. The summed E-state index contributed by atoms with van der Waals surface area (Å²) in [6, 6.07) is 6.22. The molecule has 0 saturated carbocycles. The molecule has 4 heteroatoms. The topological polar surface area (TPSA) is 42.5 Å². The first-order valence-electron chi connectivity index (χ1n) is 6.72. The molecule has 2 N–H and O–H groups in total. The van der Waals surface area contributed by atoms with Crippen molar-refractivity contribution in [2.75, 3.05) is 32.8 Å². The minimum absolute atomic E-state index is 0.748. The second-order valence-corrected chi connectivity index (χ2v) is 4.99. The number of fused-ring (bicyclic) bond motifs is 1. The molecule has 0 bridgehead atoms. The number of hydrogen-bond acceptors (Lipinski definition) is 4. The fourth-order valence-electron chi connectivity index (χ4n) is 2.23. The van der Waals surface area contributed by atoms with Gasteiger partial charge in [-0.25, -0.2) is 0 Å². The second-order valence-electron chi connectivity index (χ2n) is 4.99. The summed E-state index contributed by atoms with van der Waals surface area (Å²) in [4.78, 5) is 0. The molecule has 0 radical (unpaired) electrons. The quantitative estimate of drug-likeness (QED) is 0.839. The molecule has 0 aromatic heterocycles. The first kappa shape index (κ1) is 11.8. The smallest absolute Gasteiger partial charge is 0.161 e. The Hall–Kier alpha value is -1.26. The summed E-state index contributed by atoms with van der Waals surface area (Å²) in [6.07, 6.45) is 0.955. The van der Waals surface area contributed by atoms with Crippen LogP contribution in [0.5, 0.6) is 11.5 Å². The van der Waals surface area contributed by atoms with Crippen LogP contribution in [0.15, 0.2) is 18.2 Å². The van der Waals surface area contributed by atoms with Crippen molar-refractivity contribution >= 4 is 0 Å². The monoisotopic (exact) mass is 248 g/mol. The molecular weight excluding hydrogens is 228 g/mol. The van der Waals surface area contributed by atoms with Gasteiger partial charge in [0.1, 0.15) is 0 Å². The second kappa shape index (κ2) is 5.59. The van der Waals surface area contributed by atoms with E-state index in [1.54, 1.807) is 0 Å². The first-order chi connectivity index (χ1) is 8.92. The van der Waals surface area contributed by atoms with E-state index in [-0.39, 0.29) is 0 Å². The van der Waals surface area contributed by atoms with E-state index in [1.807, 2.05) is 6.07 Å². The Morgan fingerprint density at radius 1 is 1.17 bits per heavy atom. The van der Waals surface area contributed by atoms with E-state index in [9.17, 15) is 0 Å². The van der Waals surface area contributed by atoms with Gasteiger partial charge in [0.25, 0.3) is 0 Å². The van der Waals surface area contributed by atoms with Gasteiger partial charge < -0.3 is 20.1 Å². The molecule has 0 amide bonds. The Morgan fingerprint density at radius 2 is 2.00 bits per heavy atom. The Kier molecular flexibility index (Phi) is 3.67. The van der Waals surface area contributed by atoms with Crippen LogP contribution in [-0.2, 0) is 6.54 Å². The van der Waals surface area contributed by atoms with Crippen LogP contribution in [0, 0.1) is 5.92 Å². The van der Waals surface area contributed by atoms with Crippen molar-refractivity contribution in [3.8, 4) is 11.5 Å². The number of ether oxygens (including phenoxy) is 2. The summed E-state index contributed by atoms with van der Waals surface area (Å²) in [6.45, 7) is 5.77. The third kappa shape index (κ3) is 2.76. The van der Waals surface area contributed by atoms with E-state index in [1.165, 1.54) is 5.56 Å². The molecule has 0 spiro atoms. The van der Waals surface area contributed by atoms with Gasteiger partial charge in [0.15, 0.2) is 11.5 Å². The standard InChI is InChI=1S/C14H20N2O2/c1-4-17-13-3-2-11(6-14(13)18-5-1)7-15-8-12-9-16-10-12/h2-3,6,12,15-16H,1,4-5,7-10H2. The van der Waals surface area contributed by atoms with Crippen molar-refractivity contribution in [1.29, 1.82) is 0 Å². The van der Waals surface area contributed by atoms with Crippen LogP contribution in [0.2, 0.25) is 0 Å². The normalized spacial score (nSPS) is 19.1. The number of rotatable bonds is 4. The van der Waals surface area contributed by atoms with Gasteiger partial charge in [-0.1, -0.05) is 6.07 Å². The lowest BCUT2D eigenvalue weighted by molar-refractivity contribution is 0.297. The summed E-state index contributed by atoms with van der Waals surface area (Å²) in [5.74, 6) is 2.56. The predicted octanol–water partition coefficient (Wildman–Crippen LogP) is 1.16. The molecular formula is C14H20N2O2. The lowest BCUT2D eigenvalue weighted by Crippen LogP contribution is -2.47. The Bertz CT molecular complexity index is 405. The molecule has 1 saturated heterocycles. The predicted molar refractivity (Wildman–Crippen MR) is 70.1 cm³/mol. The molecule has 1 aromatic rings. The molecule has 1 aromatic carbocycles. The van der Waals surface area contributed by atoms with Crippen molar-refractivity contribution in [2.45, 2.75) is 13.0 Å². The summed E-state index contributed by atoms with van der Waals surface area (Å²) in [5, 5.41) is 6.77. The molecule has 4 nitrogen and oxygen atoms in total.